The van der Waals surface area contributed by atoms with Crippen molar-refractivity contribution >= 4 is 35.9 Å². The fraction of sp³-hybridized carbons (Fsp3) is 0.889. The van der Waals surface area contributed by atoms with Crippen molar-refractivity contribution in [2.24, 2.45) is 10.9 Å². The minimum absolute atomic E-state index is 0. The number of likely N-dealkylation sites (tertiary alicyclic amines) is 1. The largest absolute Gasteiger partial charge is 0.469 e. The number of nitrogens with zero attached hydrogens (tertiary/aromatic N) is 2. The molecule has 0 aromatic rings. The number of nitrogens with one attached hydrogen (secondary N) is 1. The molecule has 1 heterocycles. The van der Waals surface area contributed by atoms with Crippen LogP contribution in [-0.4, -0.2) is 62.8 Å². The Kier molecular flexibility index (Phi) is 11.4. The predicted molar refractivity (Wildman–Crippen MR) is 111 cm³/mol. The van der Waals surface area contributed by atoms with E-state index in [1.54, 1.807) is 0 Å². The van der Waals surface area contributed by atoms with Crippen LogP contribution in [0.3, 0.4) is 0 Å². The molecular weight excluding hydrogens is 433 g/mol. The van der Waals surface area contributed by atoms with Gasteiger partial charge in [0.15, 0.2) is 5.96 Å². The summed E-state index contributed by atoms with van der Waals surface area (Å²) >= 11 is 0. The average molecular weight is 467 g/mol. The van der Waals surface area contributed by atoms with Crippen molar-refractivity contribution in [2.75, 3.05) is 39.9 Å². The third-order valence-electron chi connectivity index (χ3n) is 4.88. The van der Waals surface area contributed by atoms with Gasteiger partial charge < -0.3 is 19.7 Å². The summed E-state index contributed by atoms with van der Waals surface area (Å²) in [5.74, 6) is 0.913. The van der Waals surface area contributed by atoms with Crippen LogP contribution in [0.15, 0.2) is 4.99 Å². The molecule has 0 spiro atoms. The fourth-order valence-corrected chi connectivity index (χ4v) is 3.47. The number of halogens is 1. The molecule has 0 unspecified atom stereocenters. The monoisotopic (exact) mass is 467 g/mol. The first-order chi connectivity index (χ1) is 11.7. The van der Waals surface area contributed by atoms with Gasteiger partial charge in [-0.05, 0) is 39.0 Å². The molecule has 1 saturated carbocycles. The molecular formula is C18H34IN3O3. The summed E-state index contributed by atoms with van der Waals surface area (Å²) in [6.07, 6.45) is 8.19. The van der Waals surface area contributed by atoms with Crippen molar-refractivity contribution in [1.29, 1.82) is 0 Å². The Morgan fingerprint density at radius 2 is 1.88 bits per heavy atom. The van der Waals surface area contributed by atoms with Gasteiger partial charge in [-0.1, -0.05) is 12.8 Å². The van der Waals surface area contributed by atoms with Crippen LogP contribution >= 0.6 is 24.0 Å². The molecule has 1 N–H and O–H groups in total. The highest BCUT2D eigenvalue weighted by atomic mass is 127. The van der Waals surface area contributed by atoms with Crippen LogP contribution < -0.4 is 5.32 Å². The lowest BCUT2D eigenvalue weighted by atomic mass is 9.97. The first-order valence-corrected chi connectivity index (χ1v) is 9.47. The molecule has 7 heteroatoms. The number of piperidine rings is 1. The molecule has 2 aliphatic rings. The number of hydrogen-bond donors (Lipinski definition) is 1. The Hall–Kier alpha value is -0.570. The summed E-state index contributed by atoms with van der Waals surface area (Å²) in [6, 6.07) is 0. The van der Waals surface area contributed by atoms with Gasteiger partial charge in [-0.3, -0.25) is 9.79 Å². The summed E-state index contributed by atoms with van der Waals surface area (Å²) in [4.78, 5) is 18.6. The maximum atomic E-state index is 11.6. The maximum Gasteiger partial charge on any atom is 0.308 e. The van der Waals surface area contributed by atoms with Crippen molar-refractivity contribution < 1.29 is 14.3 Å². The van der Waals surface area contributed by atoms with E-state index in [1.807, 2.05) is 0 Å². The van der Waals surface area contributed by atoms with E-state index < -0.39 is 0 Å². The van der Waals surface area contributed by atoms with E-state index in [0.29, 0.717) is 6.10 Å². The number of carbonyl (C=O) groups is 1. The zero-order chi connectivity index (χ0) is 17.2. The van der Waals surface area contributed by atoms with Crippen LogP contribution in [0.25, 0.3) is 0 Å². The van der Waals surface area contributed by atoms with Crippen molar-refractivity contribution in [3.63, 3.8) is 0 Å². The first kappa shape index (κ1) is 22.5. The summed E-state index contributed by atoms with van der Waals surface area (Å²) in [6.45, 7) is 6.23. The molecule has 0 aromatic heterocycles. The SMILES string of the molecule is CCNC(=NCCCOC1CCCC1)N1CCC(C(=O)OC)CC1.I. The lowest BCUT2D eigenvalue weighted by Gasteiger charge is -2.33. The second-order valence-electron chi connectivity index (χ2n) is 6.65. The van der Waals surface area contributed by atoms with E-state index in [2.05, 4.69) is 17.1 Å². The highest BCUT2D eigenvalue weighted by Gasteiger charge is 2.26. The van der Waals surface area contributed by atoms with Crippen molar-refractivity contribution in [3.8, 4) is 0 Å². The van der Waals surface area contributed by atoms with E-state index in [0.717, 1.165) is 58.0 Å². The zero-order valence-electron chi connectivity index (χ0n) is 15.7. The van der Waals surface area contributed by atoms with Crippen LogP contribution in [0.1, 0.15) is 51.9 Å². The van der Waals surface area contributed by atoms with E-state index in [4.69, 9.17) is 14.5 Å². The Morgan fingerprint density at radius 1 is 1.20 bits per heavy atom. The molecule has 0 radical (unpaired) electrons. The van der Waals surface area contributed by atoms with Crippen molar-refractivity contribution in [2.45, 2.75) is 58.0 Å². The number of carbonyl (C=O) groups excluding carboxylic acids is 1. The minimum atomic E-state index is -0.0827. The molecule has 0 atom stereocenters. The van der Waals surface area contributed by atoms with Gasteiger partial charge in [-0.2, -0.15) is 0 Å². The van der Waals surface area contributed by atoms with Gasteiger partial charge >= 0.3 is 5.97 Å². The number of rotatable bonds is 7. The van der Waals surface area contributed by atoms with Crippen molar-refractivity contribution in [1.82, 2.24) is 10.2 Å². The standard InChI is InChI=1S/C18H33N3O3.HI/c1-3-19-18(20-11-6-14-24-16-7-4-5-8-16)21-12-9-15(10-13-21)17(22)23-2;/h15-16H,3-14H2,1-2H3,(H,19,20);1H. The Bertz CT molecular complexity index is 406. The lowest BCUT2D eigenvalue weighted by Crippen LogP contribution is -2.46. The number of hydrogen-bond acceptors (Lipinski definition) is 4. The molecule has 1 aliphatic heterocycles. The Labute approximate surface area is 169 Å². The second kappa shape index (κ2) is 12.7. The highest BCUT2D eigenvalue weighted by molar-refractivity contribution is 14.0. The summed E-state index contributed by atoms with van der Waals surface area (Å²) in [7, 11) is 1.47. The maximum absolute atomic E-state index is 11.6. The Morgan fingerprint density at radius 3 is 2.48 bits per heavy atom. The van der Waals surface area contributed by atoms with E-state index in [1.165, 1.54) is 32.8 Å². The van der Waals surface area contributed by atoms with E-state index in [-0.39, 0.29) is 35.9 Å². The van der Waals surface area contributed by atoms with Crippen LogP contribution in [0, 0.1) is 5.92 Å². The second-order valence-corrected chi connectivity index (χ2v) is 6.65. The van der Waals surface area contributed by atoms with Gasteiger partial charge in [0.1, 0.15) is 0 Å². The molecule has 1 saturated heterocycles. The van der Waals surface area contributed by atoms with Gasteiger partial charge in [0, 0.05) is 32.8 Å². The molecule has 2 fully saturated rings. The lowest BCUT2D eigenvalue weighted by molar-refractivity contribution is -0.146. The predicted octanol–water partition coefficient (Wildman–Crippen LogP) is 2.80. The van der Waals surface area contributed by atoms with Crippen molar-refractivity contribution in [3.05, 3.63) is 0 Å². The molecule has 25 heavy (non-hydrogen) atoms. The third kappa shape index (κ3) is 7.68. The normalized spacial score (nSPS) is 19.6. The van der Waals surface area contributed by atoms with Crippen LogP contribution in [0.5, 0.6) is 0 Å². The summed E-state index contributed by atoms with van der Waals surface area (Å²) < 4.78 is 10.7. The topological polar surface area (TPSA) is 63.2 Å². The number of esters is 1. The Balaban J connectivity index is 0.00000312. The van der Waals surface area contributed by atoms with Crippen LogP contribution in [-0.2, 0) is 14.3 Å². The smallest absolute Gasteiger partial charge is 0.308 e. The molecule has 6 nitrogen and oxygen atoms in total. The number of ether oxygens (including phenoxy) is 2. The molecule has 146 valence electrons. The molecule has 2 rings (SSSR count). The van der Waals surface area contributed by atoms with Gasteiger partial charge in [0.05, 0.1) is 19.1 Å². The van der Waals surface area contributed by atoms with Gasteiger partial charge in [-0.25, -0.2) is 0 Å². The number of methoxy groups -OCH3 is 1. The van der Waals surface area contributed by atoms with Crippen LogP contribution in [0.2, 0.25) is 0 Å². The highest BCUT2D eigenvalue weighted by Crippen LogP contribution is 2.21. The van der Waals surface area contributed by atoms with Gasteiger partial charge in [-0.15, -0.1) is 24.0 Å². The summed E-state index contributed by atoms with van der Waals surface area (Å²) in [5, 5.41) is 3.36. The average Bonchev–Trinajstić information content (AvgIpc) is 3.13. The quantitative estimate of drug-likeness (QED) is 0.205. The summed E-state index contributed by atoms with van der Waals surface area (Å²) in [5.41, 5.74) is 0. The van der Waals surface area contributed by atoms with Gasteiger partial charge in [0.2, 0.25) is 0 Å². The molecule has 1 aliphatic carbocycles. The molecule has 0 aromatic carbocycles. The number of aliphatic imine (C=N–C) groups is 1. The first-order valence-electron chi connectivity index (χ1n) is 9.47. The van der Waals surface area contributed by atoms with E-state index in [9.17, 15) is 4.79 Å². The fourth-order valence-electron chi connectivity index (χ4n) is 3.47. The molecule has 0 bridgehead atoms. The van der Waals surface area contributed by atoms with Gasteiger partial charge in [0.25, 0.3) is 0 Å². The minimum Gasteiger partial charge on any atom is -0.469 e. The number of guanidine groups is 1. The van der Waals surface area contributed by atoms with E-state index >= 15 is 0 Å². The zero-order valence-corrected chi connectivity index (χ0v) is 18.0. The third-order valence-corrected chi connectivity index (χ3v) is 4.88. The molecule has 0 amide bonds. The van der Waals surface area contributed by atoms with Crippen LogP contribution in [0.4, 0.5) is 0 Å².